The van der Waals surface area contributed by atoms with Gasteiger partial charge in [-0.25, -0.2) is 4.79 Å². The zero-order valence-electron chi connectivity index (χ0n) is 9.32. The van der Waals surface area contributed by atoms with Gasteiger partial charge in [0, 0.05) is 6.08 Å². The first-order valence-electron chi connectivity index (χ1n) is 5.81. The molecule has 2 atom stereocenters. The minimum Gasteiger partial charge on any atom is -0.452 e. The van der Waals surface area contributed by atoms with E-state index in [9.17, 15) is 9.90 Å². The highest BCUT2D eigenvalue weighted by Gasteiger charge is 2.23. The second kappa shape index (κ2) is 6.62. The Morgan fingerprint density at radius 2 is 2.13 bits per heavy atom. The van der Waals surface area contributed by atoms with E-state index in [1.54, 1.807) is 6.08 Å². The van der Waals surface area contributed by atoms with Crippen molar-refractivity contribution in [2.45, 2.75) is 57.7 Å². The molecule has 0 aromatic heterocycles. The molecule has 0 fully saturated rings. The summed E-state index contributed by atoms with van der Waals surface area (Å²) in [5.41, 5.74) is 0. The molecular weight excluding hydrogens is 192 g/mol. The van der Waals surface area contributed by atoms with Crippen molar-refractivity contribution in [2.24, 2.45) is 0 Å². The third kappa shape index (κ3) is 4.47. The van der Waals surface area contributed by atoms with Gasteiger partial charge in [-0.3, -0.25) is 0 Å². The second-order valence-corrected chi connectivity index (χ2v) is 4.03. The summed E-state index contributed by atoms with van der Waals surface area (Å²) in [6, 6.07) is 0. The first kappa shape index (κ1) is 12.2. The van der Waals surface area contributed by atoms with E-state index < -0.39 is 12.2 Å². The number of cyclic esters (lactones) is 1. The maximum Gasteiger partial charge on any atom is 0.331 e. The Hall–Kier alpha value is -0.830. The van der Waals surface area contributed by atoms with E-state index >= 15 is 0 Å². The number of hydrogen-bond donors (Lipinski definition) is 1. The number of hydrogen-bond acceptors (Lipinski definition) is 3. The van der Waals surface area contributed by atoms with E-state index in [1.807, 2.05) is 0 Å². The Labute approximate surface area is 91.1 Å². The van der Waals surface area contributed by atoms with Crippen LogP contribution in [0.15, 0.2) is 12.2 Å². The van der Waals surface area contributed by atoms with Crippen molar-refractivity contribution in [3.8, 4) is 0 Å². The summed E-state index contributed by atoms with van der Waals surface area (Å²) in [6.45, 7) is 2.18. The molecule has 0 aromatic carbocycles. The lowest BCUT2D eigenvalue weighted by molar-refractivity contribution is -0.142. The molecule has 1 rings (SSSR count). The summed E-state index contributed by atoms with van der Waals surface area (Å²) < 4.78 is 4.90. The zero-order valence-corrected chi connectivity index (χ0v) is 9.32. The smallest absolute Gasteiger partial charge is 0.331 e. The SMILES string of the molecule is CCCCCCC[C@H](O)[C@H]1C=CC(=O)O1. The molecule has 3 nitrogen and oxygen atoms in total. The lowest BCUT2D eigenvalue weighted by Gasteiger charge is -2.15. The van der Waals surface area contributed by atoms with E-state index in [0.29, 0.717) is 6.42 Å². The van der Waals surface area contributed by atoms with Crippen LogP contribution in [0.5, 0.6) is 0 Å². The van der Waals surface area contributed by atoms with Gasteiger partial charge < -0.3 is 9.84 Å². The van der Waals surface area contributed by atoms with Crippen LogP contribution < -0.4 is 0 Å². The molecule has 0 aliphatic carbocycles. The molecule has 0 amide bonds. The predicted octanol–water partition coefficient (Wildman–Crippen LogP) is 2.19. The third-order valence-corrected chi connectivity index (χ3v) is 2.66. The van der Waals surface area contributed by atoms with Gasteiger partial charge in [0.05, 0.1) is 6.10 Å². The summed E-state index contributed by atoms with van der Waals surface area (Å²) in [5.74, 6) is -0.343. The lowest BCUT2D eigenvalue weighted by Crippen LogP contribution is -2.25. The van der Waals surface area contributed by atoms with Crippen LogP contribution in [0, 0.1) is 0 Å². The Morgan fingerprint density at radius 3 is 2.73 bits per heavy atom. The van der Waals surface area contributed by atoms with Crippen LogP contribution >= 0.6 is 0 Å². The van der Waals surface area contributed by atoms with Crippen molar-refractivity contribution in [3.63, 3.8) is 0 Å². The number of aliphatic hydroxyl groups excluding tert-OH is 1. The van der Waals surface area contributed by atoms with Gasteiger partial charge in [-0.2, -0.15) is 0 Å². The van der Waals surface area contributed by atoms with Crippen molar-refractivity contribution in [2.75, 3.05) is 0 Å². The first-order chi connectivity index (χ1) is 7.24. The normalized spacial score (nSPS) is 21.7. The minimum atomic E-state index is -0.533. The quantitative estimate of drug-likeness (QED) is 0.520. The van der Waals surface area contributed by atoms with Gasteiger partial charge in [0.15, 0.2) is 0 Å². The highest BCUT2D eigenvalue weighted by atomic mass is 16.6. The fourth-order valence-corrected chi connectivity index (χ4v) is 1.71. The van der Waals surface area contributed by atoms with E-state index in [-0.39, 0.29) is 5.97 Å². The van der Waals surface area contributed by atoms with Gasteiger partial charge in [0.25, 0.3) is 0 Å². The molecule has 1 N–H and O–H groups in total. The van der Waals surface area contributed by atoms with Crippen LogP contribution in [0.2, 0.25) is 0 Å². The molecule has 86 valence electrons. The molecule has 3 heteroatoms. The molecule has 0 aromatic rings. The molecule has 1 aliphatic heterocycles. The average molecular weight is 212 g/mol. The van der Waals surface area contributed by atoms with Crippen LogP contribution in [0.4, 0.5) is 0 Å². The monoisotopic (exact) mass is 212 g/mol. The minimum absolute atomic E-state index is 0.343. The van der Waals surface area contributed by atoms with E-state index in [2.05, 4.69) is 6.92 Å². The first-order valence-corrected chi connectivity index (χ1v) is 5.81. The Balaban J connectivity index is 2.06. The van der Waals surface area contributed by atoms with Gasteiger partial charge >= 0.3 is 5.97 Å². The fourth-order valence-electron chi connectivity index (χ4n) is 1.71. The summed E-state index contributed by atoms with van der Waals surface area (Å²) in [5, 5.41) is 9.69. The van der Waals surface area contributed by atoms with Crippen LogP contribution in [0.25, 0.3) is 0 Å². The van der Waals surface area contributed by atoms with Gasteiger partial charge in [0.2, 0.25) is 0 Å². The maximum atomic E-state index is 10.8. The number of carbonyl (C=O) groups is 1. The Morgan fingerprint density at radius 1 is 1.40 bits per heavy atom. The summed E-state index contributed by atoms with van der Waals surface area (Å²) >= 11 is 0. The van der Waals surface area contributed by atoms with Gasteiger partial charge in [0.1, 0.15) is 6.10 Å². The molecule has 0 unspecified atom stereocenters. The largest absolute Gasteiger partial charge is 0.452 e. The number of rotatable bonds is 7. The average Bonchev–Trinajstić information content (AvgIpc) is 2.64. The van der Waals surface area contributed by atoms with Crippen molar-refractivity contribution >= 4 is 5.97 Å². The molecule has 1 aliphatic rings. The Bertz CT molecular complexity index is 223. The van der Waals surface area contributed by atoms with E-state index in [1.165, 1.54) is 25.3 Å². The molecule has 0 spiro atoms. The molecule has 0 bridgehead atoms. The second-order valence-electron chi connectivity index (χ2n) is 4.03. The van der Waals surface area contributed by atoms with E-state index in [0.717, 1.165) is 12.8 Å². The molecule has 1 heterocycles. The van der Waals surface area contributed by atoms with Crippen molar-refractivity contribution in [3.05, 3.63) is 12.2 Å². The molecule has 0 saturated heterocycles. The zero-order chi connectivity index (χ0) is 11.1. The molecule has 0 saturated carbocycles. The van der Waals surface area contributed by atoms with E-state index in [4.69, 9.17) is 4.74 Å². The molecular formula is C12H20O3. The summed E-state index contributed by atoms with van der Waals surface area (Å²) in [7, 11) is 0. The van der Waals surface area contributed by atoms with Crippen molar-refractivity contribution in [1.29, 1.82) is 0 Å². The van der Waals surface area contributed by atoms with Crippen molar-refractivity contribution in [1.82, 2.24) is 0 Å². The number of unbranched alkanes of at least 4 members (excludes halogenated alkanes) is 4. The number of ether oxygens (including phenoxy) is 1. The topological polar surface area (TPSA) is 46.5 Å². The predicted molar refractivity (Wildman–Crippen MR) is 58.4 cm³/mol. The lowest BCUT2D eigenvalue weighted by atomic mass is 10.0. The third-order valence-electron chi connectivity index (χ3n) is 2.66. The number of aliphatic hydroxyl groups is 1. The summed E-state index contributed by atoms with van der Waals surface area (Å²) in [6.07, 6.45) is 8.65. The van der Waals surface area contributed by atoms with Gasteiger partial charge in [-0.05, 0) is 12.5 Å². The molecule has 0 radical (unpaired) electrons. The van der Waals surface area contributed by atoms with Crippen LogP contribution in [-0.4, -0.2) is 23.3 Å². The van der Waals surface area contributed by atoms with Crippen molar-refractivity contribution < 1.29 is 14.6 Å². The Kier molecular flexibility index (Phi) is 5.40. The number of carbonyl (C=O) groups excluding carboxylic acids is 1. The van der Waals surface area contributed by atoms with Crippen LogP contribution in [-0.2, 0) is 9.53 Å². The molecule has 15 heavy (non-hydrogen) atoms. The standard InChI is InChI=1S/C12H20O3/c1-2-3-4-5-6-7-10(13)11-8-9-12(14)15-11/h8-11,13H,2-7H2,1H3/t10-,11+/m0/s1. The highest BCUT2D eigenvalue weighted by molar-refractivity contribution is 5.84. The van der Waals surface area contributed by atoms with Crippen LogP contribution in [0.1, 0.15) is 45.4 Å². The highest BCUT2D eigenvalue weighted by Crippen LogP contribution is 2.15. The van der Waals surface area contributed by atoms with Crippen LogP contribution in [0.3, 0.4) is 0 Å². The van der Waals surface area contributed by atoms with Gasteiger partial charge in [-0.15, -0.1) is 0 Å². The number of esters is 1. The summed E-state index contributed by atoms with van der Waals surface area (Å²) in [4.78, 5) is 10.8. The maximum absolute atomic E-state index is 10.8. The van der Waals surface area contributed by atoms with Gasteiger partial charge in [-0.1, -0.05) is 39.0 Å². The fraction of sp³-hybridized carbons (Fsp3) is 0.750.